The Morgan fingerprint density at radius 3 is 2.67 bits per heavy atom. The maximum absolute atomic E-state index is 13.2. The van der Waals surface area contributed by atoms with E-state index in [1.54, 1.807) is 0 Å². The molecule has 1 atom stereocenters. The molecule has 1 aliphatic carbocycles. The molecule has 4 aromatic rings. The molecule has 0 unspecified atom stereocenters. The number of aromatic nitrogens is 2. The first-order valence-corrected chi connectivity index (χ1v) is 12.7. The minimum Gasteiger partial charge on any atom is -0.483 e. The number of rotatable bonds is 7. The number of aryl methyl sites for hydroxylation is 2. The molecule has 6 nitrogen and oxygen atoms in total. The van der Waals surface area contributed by atoms with Crippen molar-refractivity contribution < 1.29 is 14.3 Å². The molecule has 0 radical (unpaired) electrons. The highest BCUT2D eigenvalue weighted by atomic mass is 16.5. The number of benzene rings is 3. The molecule has 1 aliphatic heterocycles. The third-order valence-corrected chi connectivity index (χ3v) is 7.30. The first kappa shape index (κ1) is 22.8. The van der Waals surface area contributed by atoms with Crippen LogP contribution in [0.1, 0.15) is 63.8 Å². The zero-order valence-electron chi connectivity index (χ0n) is 20.8. The number of nitrogens with zero attached hydrogens (tertiary/aromatic N) is 2. The fourth-order valence-electron chi connectivity index (χ4n) is 5.05. The fourth-order valence-corrected chi connectivity index (χ4v) is 5.05. The summed E-state index contributed by atoms with van der Waals surface area (Å²) in [5.41, 5.74) is 6.84. The average Bonchev–Trinajstić information content (AvgIpc) is 3.67. The second-order valence-electron chi connectivity index (χ2n) is 9.89. The number of ether oxygens (including phenoxy) is 2. The van der Waals surface area contributed by atoms with Crippen LogP contribution < -0.4 is 10.1 Å². The number of fused-ring (bicyclic) bond motifs is 3. The molecule has 6 heteroatoms. The molecule has 0 spiro atoms. The Kier molecular flexibility index (Phi) is 5.97. The third kappa shape index (κ3) is 4.37. The Balaban J connectivity index is 1.30. The van der Waals surface area contributed by atoms with Gasteiger partial charge in [0.1, 0.15) is 17.4 Å². The van der Waals surface area contributed by atoms with Gasteiger partial charge in [-0.1, -0.05) is 54.6 Å². The molecule has 1 amide bonds. The minimum absolute atomic E-state index is 0.00809. The van der Waals surface area contributed by atoms with Crippen molar-refractivity contribution in [3.8, 4) is 5.75 Å². The van der Waals surface area contributed by atoms with Crippen molar-refractivity contribution in [3.05, 3.63) is 94.3 Å². The van der Waals surface area contributed by atoms with E-state index in [2.05, 4.69) is 35.6 Å². The molecule has 2 aliphatic rings. The zero-order valence-corrected chi connectivity index (χ0v) is 20.8. The predicted molar refractivity (Wildman–Crippen MR) is 139 cm³/mol. The van der Waals surface area contributed by atoms with Crippen LogP contribution in [0.3, 0.4) is 0 Å². The summed E-state index contributed by atoms with van der Waals surface area (Å²) in [7, 11) is 1.99. The van der Waals surface area contributed by atoms with E-state index < -0.39 is 0 Å². The van der Waals surface area contributed by atoms with Gasteiger partial charge in [0.05, 0.1) is 18.7 Å². The summed E-state index contributed by atoms with van der Waals surface area (Å²) in [6.07, 6.45) is 3.55. The first-order valence-electron chi connectivity index (χ1n) is 12.7. The highest BCUT2D eigenvalue weighted by Crippen LogP contribution is 2.42. The highest BCUT2D eigenvalue weighted by Gasteiger charge is 2.32. The molecule has 0 saturated heterocycles. The lowest BCUT2D eigenvalue weighted by atomic mass is 9.91. The molecule has 0 bridgehead atoms. The van der Waals surface area contributed by atoms with E-state index in [9.17, 15) is 4.79 Å². The van der Waals surface area contributed by atoms with Gasteiger partial charge in [-0.05, 0) is 55.4 Å². The zero-order chi connectivity index (χ0) is 24.6. The largest absolute Gasteiger partial charge is 0.483 e. The molecular weight excluding hydrogens is 450 g/mol. The standard InChI is InChI=1S/C30H31N3O3/c1-19-31-28-26(33(19)2)16-25(30(34)32-22-12-13-22)24-14-15-27(36-29(24)28)23-11-7-6-10-21(23)18-35-17-20-8-4-3-5-9-20/h3-11,16,22,27H,12-15,17-18H2,1-2H3,(H,32,34)/t27-/m0/s1. The summed E-state index contributed by atoms with van der Waals surface area (Å²) in [6, 6.07) is 20.8. The van der Waals surface area contributed by atoms with Crippen LogP contribution in [0.2, 0.25) is 0 Å². The lowest BCUT2D eigenvalue weighted by Gasteiger charge is -2.29. The van der Waals surface area contributed by atoms with Gasteiger partial charge in [-0.3, -0.25) is 4.79 Å². The van der Waals surface area contributed by atoms with E-state index in [4.69, 9.17) is 14.5 Å². The van der Waals surface area contributed by atoms with Crippen LogP contribution in [0.25, 0.3) is 11.0 Å². The topological polar surface area (TPSA) is 65.4 Å². The second kappa shape index (κ2) is 9.43. The van der Waals surface area contributed by atoms with Crippen LogP contribution in [0.15, 0.2) is 60.7 Å². The summed E-state index contributed by atoms with van der Waals surface area (Å²) < 4.78 is 14.8. The van der Waals surface area contributed by atoms with Crippen molar-refractivity contribution in [2.45, 2.75) is 58.0 Å². The van der Waals surface area contributed by atoms with Crippen LogP contribution in [-0.4, -0.2) is 21.5 Å². The van der Waals surface area contributed by atoms with Gasteiger partial charge in [0.25, 0.3) is 5.91 Å². The molecule has 1 aromatic heterocycles. The number of imidazole rings is 1. The van der Waals surface area contributed by atoms with Crippen molar-refractivity contribution >= 4 is 16.9 Å². The van der Waals surface area contributed by atoms with E-state index in [-0.39, 0.29) is 12.0 Å². The monoisotopic (exact) mass is 481 g/mol. The van der Waals surface area contributed by atoms with Gasteiger partial charge in [-0.2, -0.15) is 0 Å². The maximum Gasteiger partial charge on any atom is 0.251 e. The highest BCUT2D eigenvalue weighted by molar-refractivity contribution is 6.02. The van der Waals surface area contributed by atoms with Crippen molar-refractivity contribution in [2.24, 2.45) is 7.05 Å². The Bertz CT molecular complexity index is 1420. The number of carbonyl (C=O) groups excluding carboxylic acids is 1. The Labute approximate surface area is 211 Å². The SMILES string of the molecule is Cc1nc2c3c(c(C(=O)NC4CC4)cc2n1C)CC[C@@H](c1ccccc1COCc1ccccc1)O3. The van der Waals surface area contributed by atoms with Gasteiger partial charge in [0, 0.05) is 24.2 Å². The number of nitrogens with one attached hydrogen (secondary N) is 1. The molecule has 1 fully saturated rings. The minimum atomic E-state index is -0.124. The summed E-state index contributed by atoms with van der Waals surface area (Å²) >= 11 is 0. The van der Waals surface area contributed by atoms with Gasteiger partial charge in [0.15, 0.2) is 5.75 Å². The molecule has 36 heavy (non-hydrogen) atoms. The van der Waals surface area contributed by atoms with Gasteiger partial charge in [0.2, 0.25) is 0 Å². The molecule has 3 aromatic carbocycles. The summed E-state index contributed by atoms with van der Waals surface area (Å²) in [5.74, 6) is 1.63. The van der Waals surface area contributed by atoms with Crippen molar-refractivity contribution in [3.63, 3.8) is 0 Å². The molecule has 184 valence electrons. The van der Waals surface area contributed by atoms with E-state index in [1.807, 2.05) is 48.9 Å². The van der Waals surface area contributed by atoms with Crippen molar-refractivity contribution in [1.29, 1.82) is 0 Å². The number of amides is 1. The van der Waals surface area contributed by atoms with Crippen LogP contribution in [0.4, 0.5) is 0 Å². The molecule has 6 rings (SSSR count). The van der Waals surface area contributed by atoms with E-state index in [0.717, 1.165) is 70.5 Å². The predicted octanol–water partition coefficient (Wildman–Crippen LogP) is 5.56. The summed E-state index contributed by atoms with van der Waals surface area (Å²) in [5, 5.41) is 3.16. The van der Waals surface area contributed by atoms with Gasteiger partial charge in [-0.15, -0.1) is 0 Å². The number of hydrogen-bond acceptors (Lipinski definition) is 4. The van der Waals surface area contributed by atoms with Crippen molar-refractivity contribution in [2.75, 3.05) is 0 Å². The van der Waals surface area contributed by atoms with Gasteiger partial charge < -0.3 is 19.4 Å². The Hall–Kier alpha value is -3.64. The second-order valence-corrected chi connectivity index (χ2v) is 9.89. The van der Waals surface area contributed by atoms with Gasteiger partial charge in [-0.25, -0.2) is 4.98 Å². The van der Waals surface area contributed by atoms with Crippen LogP contribution in [0.5, 0.6) is 5.75 Å². The maximum atomic E-state index is 13.2. The third-order valence-electron chi connectivity index (χ3n) is 7.30. The van der Waals surface area contributed by atoms with Crippen LogP contribution >= 0.6 is 0 Å². The van der Waals surface area contributed by atoms with E-state index in [1.165, 1.54) is 0 Å². The van der Waals surface area contributed by atoms with Crippen molar-refractivity contribution in [1.82, 2.24) is 14.9 Å². The molecule has 1 N–H and O–H groups in total. The average molecular weight is 482 g/mol. The smallest absolute Gasteiger partial charge is 0.251 e. The summed E-state index contributed by atoms with van der Waals surface area (Å²) in [4.78, 5) is 18.0. The Morgan fingerprint density at radius 1 is 1.08 bits per heavy atom. The van der Waals surface area contributed by atoms with E-state index >= 15 is 0 Å². The van der Waals surface area contributed by atoms with Crippen LogP contribution in [-0.2, 0) is 31.4 Å². The quantitative estimate of drug-likeness (QED) is 0.376. The lowest BCUT2D eigenvalue weighted by molar-refractivity contribution is 0.0946. The Morgan fingerprint density at radius 2 is 1.86 bits per heavy atom. The molecule has 1 saturated carbocycles. The van der Waals surface area contributed by atoms with Gasteiger partial charge >= 0.3 is 0 Å². The van der Waals surface area contributed by atoms with Crippen LogP contribution in [0, 0.1) is 6.92 Å². The molecule has 2 heterocycles. The normalized spacial score (nSPS) is 17.0. The lowest BCUT2D eigenvalue weighted by Crippen LogP contribution is -2.28. The fraction of sp³-hybridized carbons (Fsp3) is 0.333. The summed E-state index contributed by atoms with van der Waals surface area (Å²) in [6.45, 7) is 3.06. The van der Waals surface area contributed by atoms with E-state index in [0.29, 0.717) is 24.8 Å². The molecular formula is C30H31N3O3. The number of carbonyl (C=O) groups is 1. The number of hydrogen-bond donors (Lipinski definition) is 1. The first-order chi connectivity index (χ1) is 17.6.